The average Bonchev–Trinajstić information content (AvgIpc) is 3.26. The molecule has 1 fully saturated rings. The molecule has 6 nitrogen and oxygen atoms in total. The number of benzene rings is 1. The number of amides is 1. The number of carbonyl (C=O) groups is 1. The third-order valence-electron chi connectivity index (χ3n) is 5.28. The summed E-state index contributed by atoms with van der Waals surface area (Å²) >= 11 is 1.76. The Morgan fingerprint density at radius 1 is 1.26 bits per heavy atom. The van der Waals surface area contributed by atoms with E-state index in [1.54, 1.807) is 30.3 Å². The molecule has 170 valence electrons. The van der Waals surface area contributed by atoms with E-state index in [-0.39, 0.29) is 36.4 Å². The van der Waals surface area contributed by atoms with Gasteiger partial charge in [-0.3, -0.25) is 4.79 Å². The molecule has 31 heavy (non-hydrogen) atoms. The SMILES string of the molecule is Cc1ccc(N2CCCC(NC(=NCC(=O)N(C)C)NCCc3cccs3)C2)cc1.I. The van der Waals surface area contributed by atoms with Crippen molar-refractivity contribution in [2.24, 2.45) is 4.99 Å². The van der Waals surface area contributed by atoms with Crippen LogP contribution in [0.15, 0.2) is 46.8 Å². The lowest BCUT2D eigenvalue weighted by atomic mass is 10.0. The molecule has 2 aromatic rings. The third kappa shape index (κ3) is 8.33. The highest BCUT2D eigenvalue weighted by molar-refractivity contribution is 14.0. The summed E-state index contributed by atoms with van der Waals surface area (Å²) in [4.78, 5) is 21.9. The first-order chi connectivity index (χ1) is 14.5. The summed E-state index contributed by atoms with van der Waals surface area (Å²) in [6.07, 6.45) is 3.17. The Morgan fingerprint density at radius 2 is 2.03 bits per heavy atom. The second kappa shape index (κ2) is 12.9. The van der Waals surface area contributed by atoms with Crippen LogP contribution in [0.3, 0.4) is 0 Å². The van der Waals surface area contributed by atoms with Crippen LogP contribution in [0.1, 0.15) is 23.3 Å². The summed E-state index contributed by atoms with van der Waals surface area (Å²) in [5.74, 6) is 0.719. The summed E-state index contributed by atoms with van der Waals surface area (Å²) < 4.78 is 0. The van der Waals surface area contributed by atoms with Crippen molar-refractivity contribution >= 4 is 52.9 Å². The fraction of sp³-hybridized carbons (Fsp3) is 0.478. The van der Waals surface area contributed by atoms with Gasteiger partial charge in [0, 0.05) is 50.3 Å². The molecular weight excluding hydrogens is 521 g/mol. The lowest BCUT2D eigenvalue weighted by Gasteiger charge is -2.35. The van der Waals surface area contributed by atoms with Crippen molar-refractivity contribution < 1.29 is 4.79 Å². The minimum Gasteiger partial charge on any atom is -0.369 e. The van der Waals surface area contributed by atoms with Gasteiger partial charge in [-0.1, -0.05) is 23.8 Å². The number of likely N-dealkylation sites (N-methyl/N-ethyl adjacent to an activating group) is 1. The molecule has 8 heteroatoms. The molecule has 3 rings (SSSR count). The number of anilines is 1. The van der Waals surface area contributed by atoms with Crippen molar-refractivity contribution in [2.45, 2.75) is 32.2 Å². The van der Waals surface area contributed by atoms with Crippen molar-refractivity contribution in [1.29, 1.82) is 0 Å². The van der Waals surface area contributed by atoms with E-state index in [0.717, 1.165) is 44.9 Å². The molecule has 1 aliphatic heterocycles. The number of halogens is 1. The predicted molar refractivity (Wildman–Crippen MR) is 142 cm³/mol. The first kappa shape index (κ1) is 25.5. The zero-order valence-electron chi connectivity index (χ0n) is 18.6. The molecular formula is C23H34IN5OS. The molecule has 1 saturated heterocycles. The highest BCUT2D eigenvalue weighted by atomic mass is 127. The first-order valence-corrected chi connectivity index (χ1v) is 11.5. The monoisotopic (exact) mass is 555 g/mol. The van der Waals surface area contributed by atoms with Crippen LogP contribution in [-0.2, 0) is 11.2 Å². The van der Waals surface area contributed by atoms with Gasteiger partial charge >= 0.3 is 0 Å². The van der Waals surface area contributed by atoms with Crippen molar-refractivity contribution in [3.05, 3.63) is 52.2 Å². The summed E-state index contributed by atoms with van der Waals surface area (Å²) in [5.41, 5.74) is 2.54. The van der Waals surface area contributed by atoms with Gasteiger partial charge in [0.1, 0.15) is 6.54 Å². The number of aliphatic imine (C=N–C) groups is 1. The minimum atomic E-state index is -0.000664. The maximum atomic E-state index is 12.0. The van der Waals surface area contributed by atoms with Gasteiger partial charge in [0.2, 0.25) is 5.91 Å². The van der Waals surface area contributed by atoms with Gasteiger partial charge in [0.25, 0.3) is 0 Å². The van der Waals surface area contributed by atoms with Crippen LogP contribution in [-0.4, -0.2) is 63.1 Å². The van der Waals surface area contributed by atoms with Crippen LogP contribution < -0.4 is 15.5 Å². The Labute approximate surface area is 207 Å². The number of aryl methyl sites for hydroxylation is 1. The molecule has 0 bridgehead atoms. The summed E-state index contributed by atoms with van der Waals surface area (Å²) in [5, 5.41) is 9.09. The quantitative estimate of drug-likeness (QED) is 0.312. The number of nitrogens with zero attached hydrogens (tertiary/aromatic N) is 3. The number of carbonyl (C=O) groups excluding carboxylic acids is 1. The van der Waals surface area contributed by atoms with E-state index in [2.05, 4.69) is 69.2 Å². The van der Waals surface area contributed by atoms with Gasteiger partial charge < -0.3 is 20.4 Å². The van der Waals surface area contributed by atoms with Gasteiger partial charge in [-0.2, -0.15) is 0 Å². The fourth-order valence-electron chi connectivity index (χ4n) is 3.48. The molecule has 1 aromatic carbocycles. The number of guanidine groups is 1. The molecule has 1 amide bonds. The molecule has 2 N–H and O–H groups in total. The number of nitrogens with one attached hydrogen (secondary N) is 2. The van der Waals surface area contributed by atoms with Gasteiger partial charge in [0.05, 0.1) is 0 Å². The highest BCUT2D eigenvalue weighted by Crippen LogP contribution is 2.20. The second-order valence-electron chi connectivity index (χ2n) is 7.97. The Hall–Kier alpha value is -1.81. The van der Waals surface area contributed by atoms with E-state index in [4.69, 9.17) is 0 Å². The minimum absolute atomic E-state index is 0. The predicted octanol–water partition coefficient (Wildman–Crippen LogP) is 3.51. The fourth-order valence-corrected chi connectivity index (χ4v) is 4.19. The maximum absolute atomic E-state index is 12.0. The van der Waals surface area contributed by atoms with Crippen LogP contribution in [0.25, 0.3) is 0 Å². The van der Waals surface area contributed by atoms with Crippen LogP contribution in [0.5, 0.6) is 0 Å². The lowest BCUT2D eigenvalue weighted by molar-refractivity contribution is -0.127. The molecule has 1 atom stereocenters. The number of rotatable bonds is 7. The Bertz CT molecular complexity index is 823. The highest BCUT2D eigenvalue weighted by Gasteiger charge is 2.21. The molecule has 1 aromatic heterocycles. The van der Waals surface area contributed by atoms with E-state index in [9.17, 15) is 4.79 Å². The topological polar surface area (TPSA) is 60.0 Å². The largest absolute Gasteiger partial charge is 0.369 e. The molecule has 2 heterocycles. The number of hydrogen-bond donors (Lipinski definition) is 2. The molecule has 0 aliphatic carbocycles. The van der Waals surface area contributed by atoms with E-state index in [0.29, 0.717) is 6.04 Å². The third-order valence-corrected chi connectivity index (χ3v) is 6.21. The van der Waals surface area contributed by atoms with Gasteiger partial charge in [-0.25, -0.2) is 4.99 Å². The van der Waals surface area contributed by atoms with Gasteiger partial charge in [0.15, 0.2) is 5.96 Å². The van der Waals surface area contributed by atoms with Crippen molar-refractivity contribution in [3.8, 4) is 0 Å². The Balaban J connectivity index is 0.00000341. The molecule has 0 radical (unpaired) electrons. The van der Waals surface area contributed by atoms with Crippen molar-refractivity contribution in [3.63, 3.8) is 0 Å². The van der Waals surface area contributed by atoms with Crippen LogP contribution in [0, 0.1) is 6.92 Å². The normalized spacial score (nSPS) is 16.4. The summed E-state index contributed by atoms with van der Waals surface area (Å²) in [7, 11) is 3.52. The summed E-state index contributed by atoms with van der Waals surface area (Å²) in [6.45, 7) is 5.05. The average molecular weight is 556 g/mol. The number of thiophene rings is 1. The van der Waals surface area contributed by atoms with Crippen molar-refractivity contribution in [1.82, 2.24) is 15.5 Å². The molecule has 1 unspecified atom stereocenters. The van der Waals surface area contributed by atoms with Crippen LogP contribution >= 0.6 is 35.3 Å². The molecule has 0 saturated carbocycles. The zero-order valence-corrected chi connectivity index (χ0v) is 21.8. The number of piperidine rings is 1. The maximum Gasteiger partial charge on any atom is 0.243 e. The molecule has 0 spiro atoms. The van der Waals surface area contributed by atoms with Crippen molar-refractivity contribution in [2.75, 3.05) is 45.2 Å². The van der Waals surface area contributed by atoms with Crippen LogP contribution in [0.2, 0.25) is 0 Å². The van der Waals surface area contributed by atoms with E-state index in [1.807, 2.05) is 0 Å². The standard InChI is InChI=1S/C23H33N5OS.HI/c1-18-8-10-20(11-9-18)28-14-4-6-19(17-28)26-23(25-16-22(29)27(2)3)24-13-12-21-7-5-15-30-21;/h5,7-11,15,19H,4,6,12-14,16-17H2,1-3H3,(H2,24,25,26);1H. The Morgan fingerprint density at radius 3 is 2.71 bits per heavy atom. The molecule has 1 aliphatic rings. The zero-order chi connectivity index (χ0) is 21.3. The van der Waals surface area contributed by atoms with E-state index in [1.165, 1.54) is 16.1 Å². The van der Waals surface area contributed by atoms with E-state index < -0.39 is 0 Å². The second-order valence-corrected chi connectivity index (χ2v) is 9.01. The Kier molecular flexibility index (Phi) is 10.6. The van der Waals surface area contributed by atoms with Gasteiger partial charge in [-0.05, 0) is 49.8 Å². The number of hydrogen-bond acceptors (Lipinski definition) is 4. The summed E-state index contributed by atoms with van der Waals surface area (Å²) in [6, 6.07) is 13.2. The first-order valence-electron chi connectivity index (χ1n) is 10.6. The smallest absolute Gasteiger partial charge is 0.243 e. The lowest BCUT2D eigenvalue weighted by Crippen LogP contribution is -2.51. The van der Waals surface area contributed by atoms with Gasteiger partial charge in [-0.15, -0.1) is 35.3 Å². The van der Waals surface area contributed by atoms with Crippen LogP contribution in [0.4, 0.5) is 5.69 Å². The van der Waals surface area contributed by atoms with E-state index >= 15 is 0 Å².